The molecule has 0 heterocycles. The summed E-state index contributed by atoms with van der Waals surface area (Å²) in [6, 6.07) is 16.5. The molecule has 0 spiro atoms. The smallest absolute Gasteiger partial charge is 0.187 e. The number of hydrogen-bond acceptors (Lipinski definition) is 2. The lowest BCUT2D eigenvalue weighted by molar-refractivity contribution is 0.104. The van der Waals surface area contributed by atoms with Gasteiger partial charge in [-0.05, 0) is 36.4 Å². The van der Waals surface area contributed by atoms with Crippen molar-refractivity contribution in [1.29, 1.82) is 0 Å². The molecule has 18 heavy (non-hydrogen) atoms. The Morgan fingerprint density at radius 2 is 1.67 bits per heavy atom. The zero-order valence-corrected chi connectivity index (χ0v) is 10.4. The van der Waals surface area contributed by atoms with E-state index in [1.807, 2.05) is 30.3 Å². The van der Waals surface area contributed by atoms with Gasteiger partial charge < -0.3 is 5.32 Å². The van der Waals surface area contributed by atoms with E-state index in [1.54, 1.807) is 30.5 Å². The summed E-state index contributed by atoms with van der Waals surface area (Å²) >= 11 is 5.76. The van der Waals surface area contributed by atoms with E-state index in [4.69, 9.17) is 11.6 Å². The van der Waals surface area contributed by atoms with E-state index in [0.29, 0.717) is 10.6 Å². The molecule has 1 N–H and O–H groups in total. The monoisotopic (exact) mass is 257 g/mol. The Kier molecular flexibility index (Phi) is 4.15. The molecule has 0 aliphatic rings. The molecule has 0 fully saturated rings. The van der Waals surface area contributed by atoms with Crippen molar-refractivity contribution in [3.63, 3.8) is 0 Å². The van der Waals surface area contributed by atoms with Crippen LogP contribution in [0.4, 0.5) is 5.69 Å². The molecule has 90 valence electrons. The molecule has 3 heteroatoms. The van der Waals surface area contributed by atoms with E-state index >= 15 is 0 Å². The van der Waals surface area contributed by atoms with Crippen molar-refractivity contribution in [2.45, 2.75) is 0 Å². The first kappa shape index (κ1) is 12.4. The molecule has 0 bridgehead atoms. The molecule has 0 amide bonds. The van der Waals surface area contributed by atoms with Gasteiger partial charge in [-0.1, -0.05) is 29.8 Å². The van der Waals surface area contributed by atoms with Crippen molar-refractivity contribution in [2.24, 2.45) is 0 Å². The summed E-state index contributed by atoms with van der Waals surface area (Å²) in [6.07, 6.45) is 3.13. The fourth-order valence-electron chi connectivity index (χ4n) is 1.46. The number of allylic oxidation sites excluding steroid dienone is 1. The van der Waals surface area contributed by atoms with Crippen LogP contribution in [0.5, 0.6) is 0 Å². The fourth-order valence-corrected chi connectivity index (χ4v) is 1.58. The van der Waals surface area contributed by atoms with Crippen LogP contribution in [0.1, 0.15) is 10.4 Å². The number of hydrogen-bond donors (Lipinski definition) is 1. The van der Waals surface area contributed by atoms with Gasteiger partial charge in [0.25, 0.3) is 0 Å². The summed E-state index contributed by atoms with van der Waals surface area (Å²) in [5, 5.41) is 3.65. The van der Waals surface area contributed by atoms with Gasteiger partial charge in [0.05, 0.1) is 0 Å². The number of para-hydroxylation sites is 1. The predicted molar refractivity (Wildman–Crippen MR) is 75.0 cm³/mol. The molecule has 0 saturated heterocycles. The molecule has 0 atom stereocenters. The highest BCUT2D eigenvalue weighted by atomic mass is 35.5. The average molecular weight is 258 g/mol. The van der Waals surface area contributed by atoms with Gasteiger partial charge in [0, 0.05) is 28.5 Å². The second-order valence-electron chi connectivity index (χ2n) is 3.71. The Labute approximate surface area is 111 Å². The average Bonchev–Trinajstić information content (AvgIpc) is 2.40. The number of anilines is 1. The van der Waals surface area contributed by atoms with E-state index in [9.17, 15) is 4.79 Å². The van der Waals surface area contributed by atoms with Gasteiger partial charge in [0.15, 0.2) is 5.78 Å². The first-order chi connectivity index (χ1) is 8.75. The topological polar surface area (TPSA) is 29.1 Å². The van der Waals surface area contributed by atoms with Crippen molar-refractivity contribution >= 4 is 23.1 Å². The summed E-state index contributed by atoms with van der Waals surface area (Å²) in [7, 11) is 0. The summed E-state index contributed by atoms with van der Waals surface area (Å²) in [5.41, 5.74) is 1.56. The highest BCUT2D eigenvalue weighted by Crippen LogP contribution is 2.10. The van der Waals surface area contributed by atoms with E-state index in [0.717, 1.165) is 5.69 Å². The first-order valence-corrected chi connectivity index (χ1v) is 5.91. The maximum Gasteiger partial charge on any atom is 0.187 e. The summed E-state index contributed by atoms with van der Waals surface area (Å²) in [6.45, 7) is 0. The molecule has 0 saturated carbocycles. The van der Waals surface area contributed by atoms with Gasteiger partial charge in [-0.3, -0.25) is 4.79 Å². The van der Waals surface area contributed by atoms with E-state index in [-0.39, 0.29) is 5.78 Å². The minimum Gasteiger partial charge on any atom is -0.362 e. The Balaban J connectivity index is 1.97. The molecule has 2 rings (SSSR count). The minimum atomic E-state index is -0.0601. The molecule has 0 radical (unpaired) electrons. The standard InChI is InChI=1S/C15H12ClNO/c16-13-8-6-12(7-9-13)15(18)10-11-17-14-4-2-1-3-5-14/h1-11,17H/b11-10+. The number of ketones is 1. The maximum atomic E-state index is 11.8. The lowest BCUT2D eigenvalue weighted by Crippen LogP contribution is -1.95. The third-order valence-electron chi connectivity index (χ3n) is 2.39. The molecule has 2 aromatic rings. The van der Waals surface area contributed by atoms with Crippen LogP contribution in [0.2, 0.25) is 5.02 Å². The SMILES string of the molecule is O=C(/C=C/Nc1ccccc1)c1ccc(Cl)cc1. The van der Waals surface area contributed by atoms with Crippen LogP contribution < -0.4 is 5.32 Å². The number of benzene rings is 2. The number of halogens is 1. The van der Waals surface area contributed by atoms with Gasteiger partial charge in [0.1, 0.15) is 0 Å². The van der Waals surface area contributed by atoms with Gasteiger partial charge >= 0.3 is 0 Å². The molecule has 0 aromatic heterocycles. The zero-order chi connectivity index (χ0) is 12.8. The Hall–Kier alpha value is -2.06. The molecular formula is C15H12ClNO. The predicted octanol–water partition coefficient (Wildman–Crippen LogP) is 4.15. The molecule has 0 aliphatic carbocycles. The zero-order valence-electron chi connectivity index (χ0n) is 9.64. The Morgan fingerprint density at radius 3 is 2.33 bits per heavy atom. The lowest BCUT2D eigenvalue weighted by Gasteiger charge is -1.99. The largest absolute Gasteiger partial charge is 0.362 e. The highest BCUT2D eigenvalue weighted by Gasteiger charge is 2.00. The fraction of sp³-hybridized carbons (Fsp3) is 0. The molecule has 2 aromatic carbocycles. The van der Waals surface area contributed by atoms with Crippen molar-refractivity contribution in [1.82, 2.24) is 0 Å². The number of carbonyl (C=O) groups excluding carboxylic acids is 1. The second-order valence-corrected chi connectivity index (χ2v) is 4.15. The number of rotatable bonds is 4. The maximum absolute atomic E-state index is 11.8. The molecular weight excluding hydrogens is 246 g/mol. The van der Waals surface area contributed by atoms with Crippen molar-refractivity contribution in [2.75, 3.05) is 5.32 Å². The van der Waals surface area contributed by atoms with Crippen LogP contribution >= 0.6 is 11.6 Å². The summed E-state index contributed by atoms with van der Waals surface area (Å²) < 4.78 is 0. The van der Waals surface area contributed by atoms with E-state index in [1.165, 1.54) is 6.08 Å². The van der Waals surface area contributed by atoms with Crippen molar-refractivity contribution in [3.8, 4) is 0 Å². The second kappa shape index (κ2) is 6.03. The van der Waals surface area contributed by atoms with E-state index in [2.05, 4.69) is 5.32 Å². The van der Waals surface area contributed by atoms with Gasteiger partial charge in [0.2, 0.25) is 0 Å². The summed E-state index contributed by atoms with van der Waals surface area (Å²) in [5.74, 6) is -0.0601. The Morgan fingerprint density at radius 1 is 1.00 bits per heavy atom. The number of nitrogens with one attached hydrogen (secondary N) is 1. The van der Waals surface area contributed by atoms with Gasteiger partial charge in [-0.2, -0.15) is 0 Å². The van der Waals surface area contributed by atoms with Crippen molar-refractivity contribution < 1.29 is 4.79 Å². The van der Waals surface area contributed by atoms with Crippen LogP contribution in [0.15, 0.2) is 66.9 Å². The van der Waals surface area contributed by atoms with Gasteiger partial charge in [-0.15, -0.1) is 0 Å². The van der Waals surface area contributed by atoms with Crippen LogP contribution in [0, 0.1) is 0 Å². The van der Waals surface area contributed by atoms with Crippen LogP contribution in [0.3, 0.4) is 0 Å². The van der Waals surface area contributed by atoms with Crippen LogP contribution in [-0.4, -0.2) is 5.78 Å². The number of carbonyl (C=O) groups is 1. The lowest BCUT2D eigenvalue weighted by atomic mass is 10.1. The van der Waals surface area contributed by atoms with Crippen molar-refractivity contribution in [3.05, 3.63) is 77.5 Å². The molecule has 0 aliphatic heterocycles. The molecule has 0 unspecified atom stereocenters. The first-order valence-electron chi connectivity index (χ1n) is 5.54. The molecule has 2 nitrogen and oxygen atoms in total. The van der Waals surface area contributed by atoms with E-state index < -0.39 is 0 Å². The third-order valence-corrected chi connectivity index (χ3v) is 2.64. The Bertz CT molecular complexity index is 546. The van der Waals surface area contributed by atoms with Gasteiger partial charge in [-0.25, -0.2) is 0 Å². The van der Waals surface area contributed by atoms with Crippen LogP contribution in [-0.2, 0) is 0 Å². The normalized spacial score (nSPS) is 10.5. The minimum absolute atomic E-state index is 0.0601. The van der Waals surface area contributed by atoms with Crippen LogP contribution in [0.25, 0.3) is 0 Å². The summed E-state index contributed by atoms with van der Waals surface area (Å²) in [4.78, 5) is 11.8. The quantitative estimate of drug-likeness (QED) is 0.659. The highest BCUT2D eigenvalue weighted by molar-refractivity contribution is 6.30. The third kappa shape index (κ3) is 3.47.